The van der Waals surface area contributed by atoms with Crippen molar-refractivity contribution >= 4 is 23.8 Å². The molecule has 0 heterocycles. The van der Waals surface area contributed by atoms with Crippen molar-refractivity contribution in [3.63, 3.8) is 0 Å². The second-order valence-electron chi connectivity index (χ2n) is 10.1. The Labute approximate surface area is 238 Å². The topological polar surface area (TPSA) is 77.1 Å². The lowest BCUT2D eigenvalue weighted by atomic mass is 9.98. The summed E-state index contributed by atoms with van der Waals surface area (Å²) in [5.41, 5.74) is 4.65. The third kappa shape index (κ3) is 8.72. The highest BCUT2D eigenvalue weighted by Crippen LogP contribution is 2.44. The number of thioether (sulfide) groups is 1. The van der Waals surface area contributed by atoms with Gasteiger partial charge in [0.25, 0.3) is 0 Å². The van der Waals surface area contributed by atoms with Crippen molar-refractivity contribution in [2.24, 2.45) is 5.92 Å². The maximum absolute atomic E-state index is 13.8. The average Bonchev–Trinajstić information content (AvgIpc) is 3.25. The van der Waals surface area contributed by atoms with Crippen molar-refractivity contribution in [1.82, 2.24) is 10.2 Å². The van der Waals surface area contributed by atoms with Gasteiger partial charge >= 0.3 is 6.09 Å². The number of ether oxygens (including phenoxy) is 3. The van der Waals surface area contributed by atoms with E-state index in [1.165, 1.54) is 11.1 Å². The van der Waals surface area contributed by atoms with Crippen LogP contribution in [0, 0.1) is 5.92 Å². The van der Waals surface area contributed by atoms with E-state index in [-0.39, 0.29) is 18.4 Å². The van der Waals surface area contributed by atoms with E-state index in [9.17, 15) is 9.59 Å². The highest BCUT2D eigenvalue weighted by molar-refractivity contribution is 7.98. The van der Waals surface area contributed by atoms with Gasteiger partial charge in [-0.1, -0.05) is 62.4 Å². The minimum Gasteiger partial charge on any atom is -0.449 e. The summed E-state index contributed by atoms with van der Waals surface area (Å²) in [7, 11) is 0. The van der Waals surface area contributed by atoms with Gasteiger partial charge in [0.15, 0.2) is 6.29 Å². The van der Waals surface area contributed by atoms with Gasteiger partial charge in [0.2, 0.25) is 5.91 Å². The van der Waals surface area contributed by atoms with Crippen LogP contribution in [0.4, 0.5) is 4.79 Å². The van der Waals surface area contributed by atoms with Crippen molar-refractivity contribution < 1.29 is 23.8 Å². The van der Waals surface area contributed by atoms with Crippen molar-refractivity contribution in [3.05, 3.63) is 59.7 Å². The number of nitrogens with one attached hydrogen (secondary N) is 1. The Balaban J connectivity index is 1.70. The number of nitrogens with zero attached hydrogens (tertiary/aromatic N) is 1. The Bertz CT molecular complexity index is 1010. The molecule has 2 aromatic rings. The molecular weight excluding hydrogens is 512 g/mol. The number of amides is 2. The Morgan fingerprint density at radius 2 is 1.54 bits per heavy atom. The normalized spacial score (nSPS) is 13.3. The molecule has 2 aromatic carbocycles. The molecule has 0 bridgehead atoms. The van der Waals surface area contributed by atoms with Crippen LogP contribution < -0.4 is 5.32 Å². The Morgan fingerprint density at radius 1 is 0.949 bits per heavy atom. The second-order valence-corrected chi connectivity index (χ2v) is 11.1. The summed E-state index contributed by atoms with van der Waals surface area (Å²) in [4.78, 5) is 28.6. The minimum absolute atomic E-state index is 0.0378. The third-order valence-electron chi connectivity index (χ3n) is 6.91. The van der Waals surface area contributed by atoms with E-state index < -0.39 is 18.4 Å². The van der Waals surface area contributed by atoms with E-state index in [1.807, 2.05) is 44.4 Å². The van der Waals surface area contributed by atoms with Crippen LogP contribution >= 0.6 is 11.8 Å². The van der Waals surface area contributed by atoms with Crippen molar-refractivity contribution in [3.8, 4) is 11.1 Å². The molecule has 2 amide bonds. The number of hydrogen-bond acceptors (Lipinski definition) is 6. The zero-order valence-corrected chi connectivity index (χ0v) is 24.8. The number of carbonyl (C=O) groups is 2. The summed E-state index contributed by atoms with van der Waals surface area (Å²) in [5, 5.41) is 2.88. The highest BCUT2D eigenvalue weighted by Gasteiger charge is 2.31. The van der Waals surface area contributed by atoms with Gasteiger partial charge in [0, 0.05) is 25.7 Å². The second kappa shape index (κ2) is 15.9. The number of hydrogen-bond donors (Lipinski definition) is 1. The fraction of sp³-hybridized carbons (Fsp3) is 0.548. The molecule has 0 aromatic heterocycles. The molecule has 0 spiro atoms. The zero-order chi connectivity index (χ0) is 28.2. The molecule has 0 unspecified atom stereocenters. The van der Waals surface area contributed by atoms with Crippen molar-refractivity contribution in [2.75, 3.05) is 44.9 Å². The number of rotatable bonds is 16. The monoisotopic (exact) mass is 556 g/mol. The van der Waals surface area contributed by atoms with Crippen LogP contribution in [0.1, 0.15) is 57.6 Å². The maximum atomic E-state index is 13.8. The molecule has 0 aliphatic heterocycles. The van der Waals surface area contributed by atoms with Crippen LogP contribution in [0.15, 0.2) is 48.5 Å². The molecule has 7 nitrogen and oxygen atoms in total. The van der Waals surface area contributed by atoms with Crippen LogP contribution in [-0.2, 0) is 19.0 Å². The summed E-state index contributed by atoms with van der Waals surface area (Å²) < 4.78 is 17.2. The Morgan fingerprint density at radius 3 is 2.08 bits per heavy atom. The predicted octanol–water partition coefficient (Wildman–Crippen LogP) is 5.92. The van der Waals surface area contributed by atoms with Crippen LogP contribution in [-0.4, -0.2) is 74.2 Å². The van der Waals surface area contributed by atoms with Gasteiger partial charge in [-0.25, -0.2) is 4.79 Å². The molecule has 0 saturated carbocycles. The highest BCUT2D eigenvalue weighted by atomic mass is 32.2. The first kappa shape index (κ1) is 31.0. The zero-order valence-electron chi connectivity index (χ0n) is 24.0. The van der Waals surface area contributed by atoms with Crippen LogP contribution in [0.25, 0.3) is 11.1 Å². The lowest BCUT2D eigenvalue weighted by molar-refractivity contribution is -0.160. The molecule has 1 aliphatic rings. The average molecular weight is 557 g/mol. The third-order valence-corrected chi connectivity index (χ3v) is 7.55. The summed E-state index contributed by atoms with van der Waals surface area (Å²) in [6.07, 6.45) is 2.26. The van der Waals surface area contributed by atoms with Crippen LogP contribution in [0.5, 0.6) is 0 Å². The van der Waals surface area contributed by atoms with Gasteiger partial charge in [-0.05, 0) is 66.9 Å². The molecule has 0 saturated heterocycles. The van der Waals surface area contributed by atoms with E-state index in [0.29, 0.717) is 38.6 Å². The first-order valence-corrected chi connectivity index (χ1v) is 15.4. The van der Waals surface area contributed by atoms with Gasteiger partial charge < -0.3 is 24.4 Å². The Kier molecular flexibility index (Phi) is 12.6. The lowest BCUT2D eigenvalue weighted by Gasteiger charge is -2.31. The molecule has 1 aliphatic carbocycles. The van der Waals surface area contributed by atoms with E-state index in [1.54, 1.807) is 16.7 Å². The first-order valence-electron chi connectivity index (χ1n) is 14.0. The number of alkyl carbamates (subject to hydrolysis) is 1. The molecule has 0 fully saturated rings. The predicted molar refractivity (Wildman–Crippen MR) is 158 cm³/mol. The minimum atomic E-state index is -0.691. The molecule has 214 valence electrons. The molecule has 1 atom stereocenters. The molecule has 8 heteroatoms. The van der Waals surface area contributed by atoms with Gasteiger partial charge in [-0.15, -0.1) is 0 Å². The lowest BCUT2D eigenvalue weighted by Crippen LogP contribution is -2.51. The molecule has 39 heavy (non-hydrogen) atoms. The van der Waals surface area contributed by atoms with Crippen LogP contribution in [0.3, 0.4) is 0 Å². The summed E-state index contributed by atoms with van der Waals surface area (Å²) >= 11 is 1.64. The molecule has 1 N–H and O–H groups in total. The summed E-state index contributed by atoms with van der Waals surface area (Å²) in [6, 6.07) is 15.8. The van der Waals surface area contributed by atoms with Gasteiger partial charge in [-0.2, -0.15) is 11.8 Å². The van der Waals surface area contributed by atoms with Crippen LogP contribution in [0.2, 0.25) is 0 Å². The van der Waals surface area contributed by atoms with E-state index in [0.717, 1.165) is 23.3 Å². The number of fused-ring (bicyclic) bond motifs is 3. The van der Waals surface area contributed by atoms with Crippen molar-refractivity contribution in [2.45, 2.75) is 58.8 Å². The standard InChI is InChI=1S/C31H44N2O5S/c1-6-36-29(37-7-2)20-33(18-16-22(3)4)30(34)28(17-19-39-5)32-31(35)38-21-27-25-14-10-8-12-23(25)24-13-9-11-15-26(24)27/h8-15,22,27-29H,6-7,16-21H2,1-5H3,(H,32,35)/t28-/m0/s1. The fourth-order valence-corrected chi connectivity index (χ4v) is 5.38. The molecule has 0 radical (unpaired) electrons. The van der Waals surface area contributed by atoms with E-state index >= 15 is 0 Å². The smallest absolute Gasteiger partial charge is 0.407 e. The van der Waals surface area contributed by atoms with E-state index in [2.05, 4.69) is 43.4 Å². The molecular formula is C31H44N2O5S. The number of benzene rings is 2. The SMILES string of the molecule is CCOC(CN(CCC(C)C)C(=O)[C@H](CCSC)NC(=O)OCC1c2ccccc2-c2ccccc21)OCC. The fourth-order valence-electron chi connectivity index (χ4n) is 4.91. The molecule has 3 rings (SSSR count). The Hall–Kier alpha value is -2.55. The largest absolute Gasteiger partial charge is 0.449 e. The van der Waals surface area contributed by atoms with E-state index in [4.69, 9.17) is 14.2 Å². The van der Waals surface area contributed by atoms with Gasteiger partial charge in [0.05, 0.1) is 6.54 Å². The van der Waals surface area contributed by atoms with Gasteiger partial charge in [0.1, 0.15) is 12.6 Å². The summed E-state index contributed by atoms with van der Waals surface area (Å²) in [5.74, 6) is 0.989. The quantitative estimate of drug-likeness (QED) is 0.259. The first-order chi connectivity index (χ1) is 18.9. The number of carbonyl (C=O) groups excluding carboxylic acids is 2. The summed E-state index contributed by atoms with van der Waals surface area (Å²) in [6.45, 7) is 10.1. The van der Waals surface area contributed by atoms with Gasteiger partial charge in [-0.3, -0.25) is 4.79 Å². The maximum Gasteiger partial charge on any atom is 0.407 e. The van der Waals surface area contributed by atoms with Crippen molar-refractivity contribution in [1.29, 1.82) is 0 Å².